The van der Waals surface area contributed by atoms with E-state index in [1.807, 2.05) is 30.3 Å². The molecule has 2 aromatic rings. The highest BCUT2D eigenvalue weighted by molar-refractivity contribution is 5.36. The van der Waals surface area contributed by atoms with Gasteiger partial charge in [0.2, 0.25) is 0 Å². The largest absolute Gasteiger partial charge is 0.485 e. The van der Waals surface area contributed by atoms with Crippen molar-refractivity contribution in [2.24, 2.45) is 0 Å². The number of fused-ring (bicyclic) bond motifs is 1. The summed E-state index contributed by atoms with van der Waals surface area (Å²) in [6.45, 7) is 0. The number of hydrogen-bond donors (Lipinski definition) is 0. The second-order valence-electron chi connectivity index (χ2n) is 4.07. The minimum atomic E-state index is 0.163. The molecule has 79 valence electrons. The minimum absolute atomic E-state index is 0.163. The molecule has 1 heterocycles. The molecule has 0 bridgehead atoms. The average molecular weight is 209 g/mol. The van der Waals surface area contributed by atoms with Crippen molar-refractivity contribution >= 4 is 0 Å². The molecule has 1 unspecified atom stereocenters. The van der Waals surface area contributed by atoms with Crippen LogP contribution in [0.4, 0.5) is 0 Å². The quantitative estimate of drug-likeness (QED) is 0.697. The Balaban J connectivity index is 1.89. The van der Waals surface area contributed by atoms with Crippen LogP contribution in [0.1, 0.15) is 23.7 Å². The zero-order valence-corrected chi connectivity index (χ0v) is 9.02. The first-order chi connectivity index (χ1) is 7.93. The van der Waals surface area contributed by atoms with Gasteiger partial charge in [0.1, 0.15) is 11.9 Å². The smallest absolute Gasteiger partial charge is 0.125 e. The van der Waals surface area contributed by atoms with E-state index >= 15 is 0 Å². The third kappa shape index (κ3) is 1.69. The molecule has 0 aromatic heterocycles. The normalized spacial score (nSPS) is 18.6. The molecule has 1 atom stereocenters. The van der Waals surface area contributed by atoms with Gasteiger partial charge in [-0.25, -0.2) is 0 Å². The van der Waals surface area contributed by atoms with Crippen LogP contribution in [0.2, 0.25) is 0 Å². The Kier molecular flexibility index (Phi) is 2.37. The fourth-order valence-electron chi connectivity index (χ4n) is 2.15. The summed E-state index contributed by atoms with van der Waals surface area (Å²) in [4.78, 5) is 0. The lowest BCUT2D eigenvalue weighted by atomic mass is 9.98. The van der Waals surface area contributed by atoms with Crippen LogP contribution < -0.4 is 4.74 Å². The van der Waals surface area contributed by atoms with Crippen molar-refractivity contribution < 1.29 is 4.74 Å². The maximum Gasteiger partial charge on any atom is 0.125 e. The highest BCUT2D eigenvalue weighted by atomic mass is 16.5. The van der Waals surface area contributed by atoms with Gasteiger partial charge in [-0.3, -0.25) is 0 Å². The molecule has 2 aromatic carbocycles. The van der Waals surface area contributed by atoms with Crippen molar-refractivity contribution in [2.45, 2.75) is 18.9 Å². The number of benzene rings is 2. The lowest BCUT2D eigenvalue weighted by Gasteiger charge is -2.26. The van der Waals surface area contributed by atoms with Crippen LogP contribution in [0.5, 0.6) is 5.75 Å². The molecule has 0 N–H and O–H groups in total. The number of ether oxygens (including phenoxy) is 1. The van der Waals surface area contributed by atoms with Crippen molar-refractivity contribution in [3.63, 3.8) is 0 Å². The molecule has 0 spiro atoms. The van der Waals surface area contributed by atoms with Crippen molar-refractivity contribution in [3.05, 3.63) is 65.7 Å². The molecular formula is C15H13O. The molecule has 16 heavy (non-hydrogen) atoms. The topological polar surface area (TPSA) is 9.23 Å². The van der Waals surface area contributed by atoms with Gasteiger partial charge in [-0.1, -0.05) is 42.5 Å². The monoisotopic (exact) mass is 209 g/mol. The van der Waals surface area contributed by atoms with E-state index < -0.39 is 0 Å². The molecule has 1 heteroatoms. The van der Waals surface area contributed by atoms with Crippen LogP contribution >= 0.6 is 0 Å². The Morgan fingerprint density at radius 1 is 1.06 bits per heavy atom. The SMILES string of the molecule is [c]1ccccc1C1CCc2ccccc2O1. The first kappa shape index (κ1) is 9.46. The summed E-state index contributed by atoms with van der Waals surface area (Å²) in [5.74, 6) is 1.02. The Hall–Kier alpha value is -1.76. The number of para-hydroxylation sites is 1. The van der Waals surface area contributed by atoms with E-state index in [-0.39, 0.29) is 6.10 Å². The first-order valence-electron chi connectivity index (χ1n) is 5.65. The summed E-state index contributed by atoms with van der Waals surface area (Å²) in [6, 6.07) is 19.6. The van der Waals surface area contributed by atoms with Gasteiger partial charge < -0.3 is 4.74 Å². The summed E-state index contributed by atoms with van der Waals surface area (Å²) < 4.78 is 5.99. The average Bonchev–Trinajstić information content (AvgIpc) is 2.39. The van der Waals surface area contributed by atoms with E-state index in [0.29, 0.717) is 0 Å². The van der Waals surface area contributed by atoms with Crippen LogP contribution in [0.3, 0.4) is 0 Å². The molecular weight excluding hydrogens is 196 g/mol. The molecule has 1 nitrogen and oxygen atoms in total. The Morgan fingerprint density at radius 3 is 2.81 bits per heavy atom. The van der Waals surface area contributed by atoms with Crippen LogP contribution in [-0.2, 0) is 6.42 Å². The summed E-state index contributed by atoms with van der Waals surface area (Å²) in [7, 11) is 0. The van der Waals surface area contributed by atoms with Crippen molar-refractivity contribution in [3.8, 4) is 5.75 Å². The number of rotatable bonds is 1. The molecule has 1 radical (unpaired) electrons. The Morgan fingerprint density at radius 2 is 1.94 bits per heavy atom. The first-order valence-corrected chi connectivity index (χ1v) is 5.65. The number of hydrogen-bond acceptors (Lipinski definition) is 1. The molecule has 3 rings (SSSR count). The second-order valence-corrected chi connectivity index (χ2v) is 4.07. The molecule has 1 aliphatic rings. The lowest BCUT2D eigenvalue weighted by molar-refractivity contribution is 0.176. The highest BCUT2D eigenvalue weighted by Crippen LogP contribution is 2.34. The zero-order chi connectivity index (χ0) is 10.8. The molecule has 0 saturated carbocycles. The maximum atomic E-state index is 5.99. The fourth-order valence-corrected chi connectivity index (χ4v) is 2.15. The van der Waals surface area contributed by atoms with Gasteiger partial charge in [-0.2, -0.15) is 0 Å². The standard InChI is InChI=1S/C15H13O/c1-2-6-12(7-3-1)15-11-10-13-8-4-5-9-14(13)16-15/h1-6,8-9,15H,10-11H2. The van der Waals surface area contributed by atoms with Gasteiger partial charge in [0.05, 0.1) is 0 Å². The summed E-state index contributed by atoms with van der Waals surface area (Å²) in [5.41, 5.74) is 2.46. The summed E-state index contributed by atoms with van der Waals surface area (Å²) >= 11 is 0. The van der Waals surface area contributed by atoms with E-state index in [0.717, 1.165) is 24.2 Å². The third-order valence-corrected chi connectivity index (χ3v) is 3.00. The van der Waals surface area contributed by atoms with E-state index in [1.54, 1.807) is 0 Å². The Labute approximate surface area is 95.7 Å². The van der Waals surface area contributed by atoms with E-state index in [4.69, 9.17) is 4.74 Å². The van der Waals surface area contributed by atoms with Gasteiger partial charge in [-0.15, -0.1) is 0 Å². The predicted molar refractivity (Wildman–Crippen MR) is 63.4 cm³/mol. The molecule has 0 fully saturated rings. The van der Waals surface area contributed by atoms with Crippen molar-refractivity contribution in [1.29, 1.82) is 0 Å². The van der Waals surface area contributed by atoms with Crippen LogP contribution in [0.15, 0.2) is 48.5 Å². The fraction of sp³-hybridized carbons (Fsp3) is 0.200. The van der Waals surface area contributed by atoms with Gasteiger partial charge >= 0.3 is 0 Å². The lowest BCUT2D eigenvalue weighted by Crippen LogP contribution is -2.14. The minimum Gasteiger partial charge on any atom is -0.485 e. The van der Waals surface area contributed by atoms with E-state index in [1.165, 1.54) is 5.56 Å². The second kappa shape index (κ2) is 4.01. The third-order valence-electron chi connectivity index (χ3n) is 3.00. The summed E-state index contributed by atoms with van der Waals surface area (Å²) in [5, 5.41) is 0. The Bertz CT molecular complexity index is 476. The van der Waals surface area contributed by atoms with Gasteiger partial charge in [-0.05, 0) is 30.5 Å². The molecule has 1 aliphatic heterocycles. The number of aryl methyl sites for hydroxylation is 1. The van der Waals surface area contributed by atoms with Crippen molar-refractivity contribution in [2.75, 3.05) is 0 Å². The van der Waals surface area contributed by atoms with Crippen LogP contribution in [0, 0.1) is 6.07 Å². The van der Waals surface area contributed by atoms with E-state index in [9.17, 15) is 0 Å². The highest BCUT2D eigenvalue weighted by Gasteiger charge is 2.20. The van der Waals surface area contributed by atoms with Crippen LogP contribution in [-0.4, -0.2) is 0 Å². The summed E-state index contributed by atoms with van der Waals surface area (Å²) in [6.07, 6.45) is 2.29. The predicted octanol–water partition coefficient (Wildman–Crippen LogP) is 3.55. The van der Waals surface area contributed by atoms with Crippen LogP contribution in [0.25, 0.3) is 0 Å². The maximum absolute atomic E-state index is 5.99. The zero-order valence-electron chi connectivity index (χ0n) is 9.02. The van der Waals surface area contributed by atoms with E-state index in [2.05, 4.69) is 24.3 Å². The van der Waals surface area contributed by atoms with Gasteiger partial charge in [0.25, 0.3) is 0 Å². The van der Waals surface area contributed by atoms with Gasteiger partial charge in [0, 0.05) is 5.56 Å². The van der Waals surface area contributed by atoms with Crippen molar-refractivity contribution in [1.82, 2.24) is 0 Å². The molecule has 0 amide bonds. The molecule has 0 saturated heterocycles. The molecule has 0 aliphatic carbocycles. The van der Waals surface area contributed by atoms with Gasteiger partial charge in [0.15, 0.2) is 0 Å².